The van der Waals surface area contributed by atoms with Crippen molar-refractivity contribution in [2.24, 2.45) is 5.92 Å². The van der Waals surface area contributed by atoms with Crippen LogP contribution in [-0.2, 0) is 11.3 Å². The van der Waals surface area contributed by atoms with Gasteiger partial charge >= 0.3 is 0 Å². The number of aromatic nitrogens is 1. The second-order valence-corrected chi connectivity index (χ2v) is 4.11. The van der Waals surface area contributed by atoms with Gasteiger partial charge in [-0.05, 0) is 23.3 Å². The number of likely N-dealkylation sites (tertiary alicyclic amines) is 1. The number of carbonyl (C=O) groups excluding carboxylic acids is 1. The normalized spacial score (nSPS) is 21.9. The first kappa shape index (κ1) is 9.65. The van der Waals surface area contributed by atoms with Crippen LogP contribution >= 0.6 is 12.6 Å². The highest BCUT2D eigenvalue weighted by molar-refractivity contribution is 7.80. The van der Waals surface area contributed by atoms with Crippen LogP contribution < -0.4 is 0 Å². The molecule has 1 aliphatic rings. The number of hydrogen-bond donors (Lipinski definition) is 2. The summed E-state index contributed by atoms with van der Waals surface area (Å²) < 4.78 is 0. The fourth-order valence-electron chi connectivity index (χ4n) is 1.81. The van der Waals surface area contributed by atoms with Crippen molar-refractivity contribution >= 4 is 18.5 Å². The molecule has 3 nitrogen and oxygen atoms in total. The fourth-order valence-corrected chi connectivity index (χ4v) is 2.05. The molecule has 1 fully saturated rings. The molecule has 1 aromatic heterocycles. The molecule has 0 radical (unpaired) electrons. The molecule has 2 heterocycles. The van der Waals surface area contributed by atoms with Crippen LogP contribution in [0.3, 0.4) is 0 Å². The average molecular weight is 210 g/mol. The van der Waals surface area contributed by atoms with Crippen LogP contribution in [0.15, 0.2) is 18.5 Å². The average Bonchev–Trinajstić information content (AvgIpc) is 2.78. The van der Waals surface area contributed by atoms with Crippen molar-refractivity contribution in [1.29, 1.82) is 0 Å². The summed E-state index contributed by atoms with van der Waals surface area (Å²) in [4.78, 5) is 16.4. The van der Waals surface area contributed by atoms with Gasteiger partial charge < -0.3 is 9.88 Å². The lowest BCUT2D eigenvalue weighted by atomic mass is 10.1. The highest BCUT2D eigenvalue weighted by Gasteiger charge is 2.28. The van der Waals surface area contributed by atoms with E-state index in [0.29, 0.717) is 12.3 Å². The zero-order chi connectivity index (χ0) is 9.97. The number of carbonyl (C=O) groups is 1. The molecular formula is C10H14N2OS. The molecule has 1 aliphatic heterocycles. The minimum absolute atomic E-state index is 0.255. The number of thiol groups is 1. The third kappa shape index (κ3) is 1.95. The van der Waals surface area contributed by atoms with Crippen molar-refractivity contribution in [1.82, 2.24) is 9.88 Å². The van der Waals surface area contributed by atoms with Crippen LogP contribution in [0.2, 0.25) is 0 Å². The summed E-state index contributed by atoms with van der Waals surface area (Å²) in [6.07, 6.45) is 4.47. The molecule has 1 aromatic rings. The first-order chi connectivity index (χ1) is 6.79. The third-order valence-electron chi connectivity index (χ3n) is 2.59. The largest absolute Gasteiger partial charge is 0.367 e. The molecule has 14 heavy (non-hydrogen) atoms. The van der Waals surface area contributed by atoms with Gasteiger partial charge in [-0.25, -0.2) is 0 Å². The van der Waals surface area contributed by atoms with Crippen molar-refractivity contribution in [3.8, 4) is 0 Å². The molecule has 0 aromatic carbocycles. The number of nitrogens with zero attached hydrogens (tertiary/aromatic N) is 1. The van der Waals surface area contributed by atoms with Crippen molar-refractivity contribution in [2.45, 2.75) is 13.0 Å². The van der Waals surface area contributed by atoms with E-state index in [-0.39, 0.29) is 5.91 Å². The molecule has 76 valence electrons. The lowest BCUT2D eigenvalue weighted by Crippen LogP contribution is -2.24. The third-order valence-corrected chi connectivity index (χ3v) is 3.10. The highest BCUT2D eigenvalue weighted by atomic mass is 32.1. The zero-order valence-electron chi connectivity index (χ0n) is 7.94. The predicted molar refractivity (Wildman–Crippen MR) is 58.2 cm³/mol. The maximum absolute atomic E-state index is 11.6. The molecule has 1 amide bonds. The Morgan fingerprint density at radius 1 is 1.64 bits per heavy atom. The summed E-state index contributed by atoms with van der Waals surface area (Å²) >= 11 is 4.23. The van der Waals surface area contributed by atoms with Crippen molar-refractivity contribution in [2.75, 3.05) is 12.3 Å². The lowest BCUT2D eigenvalue weighted by Gasteiger charge is -2.14. The van der Waals surface area contributed by atoms with Crippen LogP contribution in [-0.4, -0.2) is 28.1 Å². The van der Waals surface area contributed by atoms with E-state index in [0.717, 1.165) is 24.4 Å². The van der Waals surface area contributed by atoms with Gasteiger partial charge in [0.05, 0.1) is 0 Å². The first-order valence-corrected chi connectivity index (χ1v) is 5.43. The van der Waals surface area contributed by atoms with E-state index in [1.54, 1.807) is 0 Å². The van der Waals surface area contributed by atoms with Gasteiger partial charge in [-0.3, -0.25) is 4.79 Å². The van der Waals surface area contributed by atoms with E-state index >= 15 is 0 Å². The molecule has 0 spiro atoms. The second kappa shape index (κ2) is 4.09. The van der Waals surface area contributed by atoms with Gasteiger partial charge in [0.25, 0.3) is 0 Å². The van der Waals surface area contributed by atoms with Crippen molar-refractivity contribution < 1.29 is 4.79 Å². The summed E-state index contributed by atoms with van der Waals surface area (Å²) in [6, 6.07) is 2.00. The summed E-state index contributed by atoms with van der Waals surface area (Å²) in [7, 11) is 0. The van der Waals surface area contributed by atoms with Crippen LogP contribution in [0.25, 0.3) is 0 Å². The number of nitrogens with one attached hydrogen (secondary N) is 1. The Balaban J connectivity index is 1.96. The van der Waals surface area contributed by atoms with Gasteiger partial charge in [-0.15, -0.1) is 0 Å². The molecule has 1 unspecified atom stereocenters. The summed E-state index contributed by atoms with van der Waals surface area (Å²) in [5.74, 6) is 1.49. The van der Waals surface area contributed by atoms with Crippen molar-refractivity contribution in [3.05, 3.63) is 24.0 Å². The fraction of sp³-hybridized carbons (Fsp3) is 0.500. The molecule has 1 N–H and O–H groups in total. The van der Waals surface area contributed by atoms with E-state index in [9.17, 15) is 4.79 Å². The van der Waals surface area contributed by atoms with E-state index < -0.39 is 0 Å². The summed E-state index contributed by atoms with van der Waals surface area (Å²) in [5.41, 5.74) is 1.16. The van der Waals surface area contributed by atoms with E-state index in [4.69, 9.17) is 0 Å². The molecule has 0 bridgehead atoms. The van der Waals surface area contributed by atoms with Crippen molar-refractivity contribution in [3.63, 3.8) is 0 Å². The second-order valence-electron chi connectivity index (χ2n) is 3.75. The van der Waals surface area contributed by atoms with Gasteiger partial charge in [0.1, 0.15) is 0 Å². The summed E-state index contributed by atoms with van der Waals surface area (Å²) in [6.45, 7) is 1.58. The van der Waals surface area contributed by atoms with E-state index in [1.807, 2.05) is 23.4 Å². The van der Waals surface area contributed by atoms with E-state index in [1.165, 1.54) is 0 Å². The van der Waals surface area contributed by atoms with Crippen LogP contribution in [0, 0.1) is 5.92 Å². The molecule has 1 saturated heterocycles. The quantitative estimate of drug-likeness (QED) is 0.725. The maximum Gasteiger partial charge on any atom is 0.223 e. The maximum atomic E-state index is 11.6. The Bertz CT molecular complexity index is 310. The van der Waals surface area contributed by atoms with Gasteiger partial charge in [0.2, 0.25) is 5.91 Å². The molecule has 4 heteroatoms. The number of rotatable bonds is 3. The SMILES string of the molecule is O=C1CC(CS)CN1Cc1cc[nH]c1. The molecule has 0 aliphatic carbocycles. The first-order valence-electron chi connectivity index (χ1n) is 4.80. The van der Waals surface area contributed by atoms with Gasteiger partial charge in [-0.1, -0.05) is 0 Å². The number of aromatic amines is 1. The van der Waals surface area contributed by atoms with Gasteiger partial charge in [-0.2, -0.15) is 12.6 Å². The number of hydrogen-bond acceptors (Lipinski definition) is 2. The van der Waals surface area contributed by atoms with Crippen LogP contribution in [0.1, 0.15) is 12.0 Å². The Morgan fingerprint density at radius 2 is 2.50 bits per heavy atom. The van der Waals surface area contributed by atoms with Gasteiger partial charge in [0.15, 0.2) is 0 Å². The Labute approximate surface area is 88.9 Å². The highest BCUT2D eigenvalue weighted by Crippen LogP contribution is 2.20. The smallest absolute Gasteiger partial charge is 0.223 e. The molecule has 0 saturated carbocycles. The minimum Gasteiger partial charge on any atom is -0.367 e. The van der Waals surface area contributed by atoms with Crippen LogP contribution in [0.4, 0.5) is 0 Å². The standard InChI is InChI=1S/C10H14N2OS/c13-10-3-9(7-14)6-12(10)5-8-1-2-11-4-8/h1-2,4,9,11,14H,3,5-7H2. The molecule has 1 atom stereocenters. The Hall–Kier alpha value is -0.900. The number of amides is 1. The minimum atomic E-state index is 0.255. The number of H-pyrrole nitrogens is 1. The summed E-state index contributed by atoms with van der Waals surface area (Å²) in [5, 5.41) is 0. The Morgan fingerprint density at radius 3 is 3.07 bits per heavy atom. The monoisotopic (exact) mass is 210 g/mol. The zero-order valence-corrected chi connectivity index (χ0v) is 8.83. The topological polar surface area (TPSA) is 36.1 Å². The van der Waals surface area contributed by atoms with Crippen LogP contribution in [0.5, 0.6) is 0 Å². The molecular weight excluding hydrogens is 196 g/mol. The van der Waals surface area contributed by atoms with E-state index in [2.05, 4.69) is 17.6 Å². The molecule has 2 rings (SSSR count). The van der Waals surface area contributed by atoms with Gasteiger partial charge in [0, 0.05) is 31.9 Å². The predicted octanol–water partition coefficient (Wildman–Crippen LogP) is 1.29. The Kier molecular flexibility index (Phi) is 2.82. The lowest BCUT2D eigenvalue weighted by molar-refractivity contribution is -0.128.